The first-order valence-electron chi connectivity index (χ1n) is 4.79. The van der Waals surface area contributed by atoms with Gasteiger partial charge in [0, 0.05) is 18.5 Å². The minimum absolute atomic E-state index is 0.0470. The van der Waals surface area contributed by atoms with Gasteiger partial charge in [0.2, 0.25) is 11.8 Å². The lowest BCUT2D eigenvalue weighted by molar-refractivity contribution is -0.120. The Hall–Kier alpha value is -1.84. The summed E-state index contributed by atoms with van der Waals surface area (Å²) in [7, 11) is 0. The van der Waals surface area contributed by atoms with Crippen LogP contribution in [0.2, 0.25) is 0 Å². The van der Waals surface area contributed by atoms with E-state index in [1.807, 2.05) is 0 Å². The fraction of sp³-hybridized carbons (Fsp3) is 0.273. The molecule has 4 heteroatoms. The Balaban J connectivity index is 2.76. The molecule has 1 aromatic rings. The van der Waals surface area contributed by atoms with Crippen molar-refractivity contribution in [3.8, 4) is 0 Å². The monoisotopic (exact) mass is 206 g/mol. The van der Waals surface area contributed by atoms with E-state index >= 15 is 0 Å². The molecule has 0 aromatic heterocycles. The maximum atomic E-state index is 11.0. The number of hydrogen-bond acceptors (Lipinski definition) is 2. The van der Waals surface area contributed by atoms with Gasteiger partial charge in [-0.2, -0.15) is 0 Å². The molecule has 0 saturated heterocycles. The SMILES string of the molecule is CCC(=O)NCc1ccccc1C(N)=O. The van der Waals surface area contributed by atoms with E-state index in [0.29, 0.717) is 18.5 Å². The van der Waals surface area contributed by atoms with Crippen LogP contribution in [0, 0.1) is 0 Å². The summed E-state index contributed by atoms with van der Waals surface area (Å²) in [6, 6.07) is 6.97. The van der Waals surface area contributed by atoms with E-state index in [1.165, 1.54) is 0 Å². The second kappa shape index (κ2) is 5.14. The number of primary amides is 1. The van der Waals surface area contributed by atoms with Crippen LogP contribution in [0.4, 0.5) is 0 Å². The molecule has 1 rings (SSSR count). The number of benzene rings is 1. The van der Waals surface area contributed by atoms with Crippen molar-refractivity contribution in [2.45, 2.75) is 19.9 Å². The predicted octanol–water partition coefficient (Wildman–Crippen LogP) is 0.812. The Kier molecular flexibility index (Phi) is 3.85. The van der Waals surface area contributed by atoms with E-state index < -0.39 is 5.91 Å². The first-order chi connectivity index (χ1) is 7.15. The van der Waals surface area contributed by atoms with Crippen LogP contribution in [0.1, 0.15) is 29.3 Å². The van der Waals surface area contributed by atoms with Gasteiger partial charge < -0.3 is 11.1 Å². The van der Waals surface area contributed by atoms with Crippen LogP contribution in [-0.2, 0) is 11.3 Å². The standard InChI is InChI=1S/C11H14N2O2/c1-2-10(14)13-7-8-5-3-4-6-9(8)11(12)15/h3-6H,2,7H2,1H3,(H2,12,15)(H,13,14). The highest BCUT2D eigenvalue weighted by atomic mass is 16.2. The number of nitrogens with one attached hydrogen (secondary N) is 1. The van der Waals surface area contributed by atoms with E-state index in [2.05, 4.69) is 5.32 Å². The summed E-state index contributed by atoms with van der Waals surface area (Å²) >= 11 is 0. The predicted molar refractivity (Wildman–Crippen MR) is 57.1 cm³/mol. The molecule has 0 fully saturated rings. The summed E-state index contributed by atoms with van der Waals surface area (Å²) in [5.41, 5.74) is 6.40. The number of hydrogen-bond donors (Lipinski definition) is 2. The Morgan fingerprint density at radius 1 is 1.33 bits per heavy atom. The van der Waals surface area contributed by atoms with E-state index in [-0.39, 0.29) is 5.91 Å². The average molecular weight is 206 g/mol. The van der Waals surface area contributed by atoms with Crippen LogP contribution in [0.15, 0.2) is 24.3 Å². The normalized spacial score (nSPS) is 9.67. The molecule has 0 aliphatic rings. The van der Waals surface area contributed by atoms with E-state index in [0.717, 1.165) is 5.56 Å². The van der Waals surface area contributed by atoms with Gasteiger partial charge in [0.15, 0.2) is 0 Å². The molecule has 0 saturated carbocycles. The molecule has 0 unspecified atom stereocenters. The molecule has 80 valence electrons. The zero-order valence-corrected chi connectivity index (χ0v) is 8.62. The zero-order chi connectivity index (χ0) is 11.3. The van der Waals surface area contributed by atoms with Crippen molar-refractivity contribution in [1.29, 1.82) is 0 Å². The van der Waals surface area contributed by atoms with Crippen molar-refractivity contribution in [3.63, 3.8) is 0 Å². The molecule has 0 spiro atoms. The Morgan fingerprint density at radius 3 is 2.60 bits per heavy atom. The first kappa shape index (κ1) is 11.2. The lowest BCUT2D eigenvalue weighted by atomic mass is 10.1. The minimum Gasteiger partial charge on any atom is -0.366 e. The lowest BCUT2D eigenvalue weighted by Crippen LogP contribution is -2.23. The molecule has 0 radical (unpaired) electrons. The van der Waals surface area contributed by atoms with E-state index in [9.17, 15) is 9.59 Å². The number of carbonyl (C=O) groups is 2. The molecular formula is C11H14N2O2. The Bertz CT molecular complexity index is 375. The topological polar surface area (TPSA) is 72.2 Å². The molecule has 2 amide bonds. The Labute approximate surface area is 88.5 Å². The molecule has 3 N–H and O–H groups in total. The number of rotatable bonds is 4. The summed E-state index contributed by atoms with van der Waals surface area (Å²) in [5, 5.41) is 2.70. The fourth-order valence-corrected chi connectivity index (χ4v) is 1.23. The van der Waals surface area contributed by atoms with Gasteiger partial charge in [-0.05, 0) is 11.6 Å². The smallest absolute Gasteiger partial charge is 0.249 e. The Morgan fingerprint density at radius 2 is 2.00 bits per heavy atom. The fourth-order valence-electron chi connectivity index (χ4n) is 1.23. The second-order valence-electron chi connectivity index (χ2n) is 3.15. The van der Waals surface area contributed by atoms with Gasteiger partial charge in [0.05, 0.1) is 0 Å². The van der Waals surface area contributed by atoms with Crippen molar-refractivity contribution in [3.05, 3.63) is 35.4 Å². The van der Waals surface area contributed by atoms with Crippen molar-refractivity contribution in [1.82, 2.24) is 5.32 Å². The van der Waals surface area contributed by atoms with Gasteiger partial charge in [0.1, 0.15) is 0 Å². The quantitative estimate of drug-likeness (QED) is 0.765. The van der Waals surface area contributed by atoms with Gasteiger partial charge in [-0.1, -0.05) is 25.1 Å². The third-order valence-electron chi connectivity index (χ3n) is 2.08. The van der Waals surface area contributed by atoms with Crippen LogP contribution in [-0.4, -0.2) is 11.8 Å². The third-order valence-corrected chi connectivity index (χ3v) is 2.08. The third kappa shape index (κ3) is 3.09. The van der Waals surface area contributed by atoms with Gasteiger partial charge in [-0.3, -0.25) is 9.59 Å². The molecule has 0 atom stereocenters. The maximum Gasteiger partial charge on any atom is 0.249 e. The minimum atomic E-state index is -0.476. The molecule has 0 aliphatic heterocycles. The average Bonchev–Trinajstić information content (AvgIpc) is 2.26. The summed E-state index contributed by atoms with van der Waals surface area (Å²) in [6.45, 7) is 2.11. The zero-order valence-electron chi connectivity index (χ0n) is 8.62. The second-order valence-corrected chi connectivity index (χ2v) is 3.15. The van der Waals surface area contributed by atoms with Crippen molar-refractivity contribution in [2.24, 2.45) is 5.73 Å². The lowest BCUT2D eigenvalue weighted by Gasteiger charge is -2.07. The van der Waals surface area contributed by atoms with Gasteiger partial charge in [-0.15, -0.1) is 0 Å². The van der Waals surface area contributed by atoms with Crippen molar-refractivity contribution >= 4 is 11.8 Å². The molecule has 0 bridgehead atoms. The highest BCUT2D eigenvalue weighted by Crippen LogP contribution is 2.07. The van der Waals surface area contributed by atoms with E-state index in [1.54, 1.807) is 31.2 Å². The van der Waals surface area contributed by atoms with Crippen molar-refractivity contribution < 1.29 is 9.59 Å². The first-order valence-corrected chi connectivity index (χ1v) is 4.79. The van der Waals surface area contributed by atoms with Crippen LogP contribution in [0.5, 0.6) is 0 Å². The maximum absolute atomic E-state index is 11.0. The molecule has 15 heavy (non-hydrogen) atoms. The van der Waals surface area contributed by atoms with Gasteiger partial charge >= 0.3 is 0 Å². The van der Waals surface area contributed by atoms with Crippen LogP contribution in [0.3, 0.4) is 0 Å². The largest absolute Gasteiger partial charge is 0.366 e. The van der Waals surface area contributed by atoms with Crippen LogP contribution < -0.4 is 11.1 Å². The highest BCUT2D eigenvalue weighted by Gasteiger charge is 2.07. The summed E-state index contributed by atoms with van der Waals surface area (Å²) < 4.78 is 0. The van der Waals surface area contributed by atoms with Crippen molar-refractivity contribution in [2.75, 3.05) is 0 Å². The summed E-state index contributed by atoms with van der Waals surface area (Å²) in [5.74, 6) is -0.523. The molecule has 1 aromatic carbocycles. The van der Waals surface area contributed by atoms with Crippen LogP contribution in [0.25, 0.3) is 0 Å². The highest BCUT2D eigenvalue weighted by molar-refractivity contribution is 5.94. The van der Waals surface area contributed by atoms with E-state index in [4.69, 9.17) is 5.73 Å². The molecule has 4 nitrogen and oxygen atoms in total. The van der Waals surface area contributed by atoms with Crippen LogP contribution >= 0.6 is 0 Å². The summed E-state index contributed by atoms with van der Waals surface area (Å²) in [6.07, 6.45) is 0.429. The number of nitrogens with two attached hydrogens (primary N) is 1. The van der Waals surface area contributed by atoms with Gasteiger partial charge in [-0.25, -0.2) is 0 Å². The van der Waals surface area contributed by atoms with Gasteiger partial charge in [0.25, 0.3) is 0 Å². The molecule has 0 aliphatic carbocycles. The number of carbonyl (C=O) groups excluding carboxylic acids is 2. The molecule has 0 heterocycles. The number of amides is 2. The summed E-state index contributed by atoms with van der Waals surface area (Å²) in [4.78, 5) is 22.1. The molecular weight excluding hydrogens is 192 g/mol.